The third-order valence-electron chi connectivity index (χ3n) is 3.25. The van der Waals surface area contributed by atoms with E-state index in [9.17, 15) is 14.4 Å². The van der Waals surface area contributed by atoms with Gasteiger partial charge in [-0.2, -0.15) is 5.26 Å². The van der Waals surface area contributed by atoms with Crippen LogP contribution in [0.2, 0.25) is 0 Å². The Morgan fingerprint density at radius 2 is 1.88 bits per heavy atom. The molecule has 0 aliphatic heterocycles. The molecule has 0 aromatic heterocycles. The second kappa shape index (κ2) is 10.7. The fourth-order valence-corrected chi connectivity index (χ4v) is 2.07. The van der Waals surface area contributed by atoms with Crippen molar-refractivity contribution in [1.82, 2.24) is 5.32 Å². The van der Waals surface area contributed by atoms with Gasteiger partial charge in [0.05, 0.1) is 12.7 Å². The number of rotatable bonds is 9. The Labute approximate surface area is 152 Å². The van der Waals surface area contributed by atoms with Gasteiger partial charge in [0.25, 0.3) is 5.91 Å². The molecule has 0 saturated heterocycles. The van der Waals surface area contributed by atoms with E-state index in [0.29, 0.717) is 6.42 Å². The summed E-state index contributed by atoms with van der Waals surface area (Å²) in [6, 6.07) is 7.57. The normalized spacial score (nSPS) is 11.2. The summed E-state index contributed by atoms with van der Waals surface area (Å²) in [5, 5.41) is 11.4. The van der Waals surface area contributed by atoms with Crippen molar-refractivity contribution in [2.45, 2.75) is 26.3 Å². The summed E-state index contributed by atoms with van der Waals surface area (Å²) in [4.78, 5) is 35.2. The van der Waals surface area contributed by atoms with Gasteiger partial charge in [-0.15, -0.1) is 0 Å². The molecular formula is C18H22N2O6. The average Bonchev–Trinajstić information content (AvgIpc) is 2.63. The number of benzene rings is 1. The van der Waals surface area contributed by atoms with Crippen molar-refractivity contribution in [1.29, 1.82) is 5.26 Å². The molecule has 0 bridgehead atoms. The van der Waals surface area contributed by atoms with Crippen LogP contribution < -0.4 is 10.1 Å². The van der Waals surface area contributed by atoms with Crippen molar-refractivity contribution in [3.63, 3.8) is 0 Å². The summed E-state index contributed by atoms with van der Waals surface area (Å²) in [6.45, 7) is 2.81. The summed E-state index contributed by atoms with van der Waals surface area (Å²) in [7, 11) is 1.23. The van der Waals surface area contributed by atoms with Crippen molar-refractivity contribution in [2.24, 2.45) is 5.92 Å². The minimum atomic E-state index is -0.801. The molecule has 0 spiro atoms. The molecule has 1 atom stereocenters. The van der Waals surface area contributed by atoms with E-state index in [0.717, 1.165) is 0 Å². The van der Waals surface area contributed by atoms with Crippen LogP contribution in [-0.4, -0.2) is 44.2 Å². The SMILES string of the molecule is COC(=O)[C@H](CC(C)C)NC(=O)COC(=O)COc1ccccc1C#N. The molecule has 8 nitrogen and oxygen atoms in total. The first-order valence-electron chi connectivity index (χ1n) is 8.02. The number of hydrogen-bond donors (Lipinski definition) is 1. The highest BCUT2D eigenvalue weighted by Gasteiger charge is 2.23. The van der Waals surface area contributed by atoms with Gasteiger partial charge in [-0.1, -0.05) is 26.0 Å². The van der Waals surface area contributed by atoms with Crippen LogP contribution in [0.1, 0.15) is 25.8 Å². The molecule has 1 aromatic carbocycles. The summed E-state index contributed by atoms with van der Waals surface area (Å²) >= 11 is 0. The van der Waals surface area contributed by atoms with E-state index in [1.165, 1.54) is 7.11 Å². The summed E-state index contributed by atoms with van der Waals surface area (Å²) in [6.07, 6.45) is 0.403. The summed E-state index contributed by atoms with van der Waals surface area (Å²) in [5.74, 6) is -1.54. The molecule has 1 N–H and O–H groups in total. The van der Waals surface area contributed by atoms with Crippen molar-refractivity contribution in [2.75, 3.05) is 20.3 Å². The van der Waals surface area contributed by atoms with Crippen LogP contribution in [0, 0.1) is 17.2 Å². The zero-order chi connectivity index (χ0) is 19.5. The summed E-state index contributed by atoms with van der Waals surface area (Å²) in [5.41, 5.74) is 0.285. The Kier molecular flexibility index (Phi) is 8.64. The number of nitrogens with one attached hydrogen (secondary N) is 1. The van der Waals surface area contributed by atoms with Crippen LogP contribution >= 0.6 is 0 Å². The van der Waals surface area contributed by atoms with Crippen LogP contribution in [-0.2, 0) is 23.9 Å². The highest BCUT2D eigenvalue weighted by Crippen LogP contribution is 2.16. The van der Waals surface area contributed by atoms with Crippen molar-refractivity contribution in [3.8, 4) is 11.8 Å². The number of hydrogen-bond acceptors (Lipinski definition) is 7. The first-order valence-corrected chi connectivity index (χ1v) is 8.02. The van der Waals surface area contributed by atoms with E-state index >= 15 is 0 Å². The maximum atomic E-state index is 11.9. The number of para-hydroxylation sites is 1. The lowest BCUT2D eigenvalue weighted by molar-refractivity contribution is -0.151. The predicted molar refractivity (Wildman–Crippen MR) is 91.0 cm³/mol. The molecule has 0 aliphatic rings. The lowest BCUT2D eigenvalue weighted by Crippen LogP contribution is -2.44. The molecule has 0 aliphatic carbocycles. The number of amides is 1. The first-order chi connectivity index (χ1) is 12.4. The predicted octanol–water partition coefficient (Wildman–Crippen LogP) is 1.18. The third kappa shape index (κ3) is 7.21. The maximum Gasteiger partial charge on any atom is 0.344 e. The lowest BCUT2D eigenvalue weighted by Gasteiger charge is -2.18. The molecule has 0 unspecified atom stereocenters. The Bertz CT molecular complexity index is 681. The maximum absolute atomic E-state index is 11.9. The van der Waals surface area contributed by atoms with Crippen LogP contribution in [0.3, 0.4) is 0 Å². The number of esters is 2. The van der Waals surface area contributed by atoms with Gasteiger partial charge in [-0.3, -0.25) is 4.79 Å². The van der Waals surface area contributed by atoms with E-state index in [1.807, 2.05) is 19.9 Å². The Balaban J connectivity index is 2.44. The van der Waals surface area contributed by atoms with Crippen molar-refractivity contribution in [3.05, 3.63) is 29.8 Å². The van der Waals surface area contributed by atoms with Crippen molar-refractivity contribution >= 4 is 17.8 Å². The monoisotopic (exact) mass is 362 g/mol. The third-order valence-corrected chi connectivity index (χ3v) is 3.25. The average molecular weight is 362 g/mol. The van der Waals surface area contributed by atoms with E-state index < -0.39 is 37.1 Å². The zero-order valence-corrected chi connectivity index (χ0v) is 15.0. The molecule has 0 heterocycles. The topological polar surface area (TPSA) is 115 Å². The zero-order valence-electron chi connectivity index (χ0n) is 15.0. The van der Waals surface area contributed by atoms with Gasteiger partial charge in [0.2, 0.25) is 0 Å². The number of nitriles is 1. The molecule has 1 aromatic rings. The molecule has 0 saturated carbocycles. The fraction of sp³-hybridized carbons (Fsp3) is 0.444. The number of nitrogens with zero attached hydrogens (tertiary/aromatic N) is 1. The van der Waals surface area contributed by atoms with E-state index in [-0.39, 0.29) is 17.2 Å². The molecule has 8 heteroatoms. The van der Waals surface area contributed by atoms with Crippen molar-refractivity contribution < 1.29 is 28.6 Å². The highest BCUT2D eigenvalue weighted by molar-refractivity contribution is 5.86. The van der Waals surface area contributed by atoms with Gasteiger partial charge in [0.15, 0.2) is 13.2 Å². The van der Waals surface area contributed by atoms with Gasteiger partial charge in [0, 0.05) is 0 Å². The smallest absolute Gasteiger partial charge is 0.344 e. The quantitative estimate of drug-likeness (QED) is 0.656. The minimum absolute atomic E-state index is 0.163. The van der Waals surface area contributed by atoms with Gasteiger partial charge in [-0.05, 0) is 24.5 Å². The van der Waals surface area contributed by atoms with E-state index in [2.05, 4.69) is 10.1 Å². The Hall–Kier alpha value is -3.08. The molecule has 140 valence electrons. The molecule has 1 rings (SSSR count). The van der Waals surface area contributed by atoms with Crippen LogP contribution in [0.15, 0.2) is 24.3 Å². The summed E-state index contributed by atoms with van der Waals surface area (Å²) < 4.78 is 14.7. The second-order valence-corrected chi connectivity index (χ2v) is 5.83. The number of carbonyl (C=O) groups is 3. The van der Waals surface area contributed by atoms with Gasteiger partial charge >= 0.3 is 11.9 Å². The number of methoxy groups -OCH3 is 1. The first kappa shape index (κ1) is 21.0. The van der Waals surface area contributed by atoms with Crippen LogP contribution in [0.4, 0.5) is 0 Å². The molecule has 26 heavy (non-hydrogen) atoms. The number of carbonyl (C=O) groups excluding carboxylic acids is 3. The minimum Gasteiger partial charge on any atom is -0.481 e. The van der Waals surface area contributed by atoms with E-state index in [1.54, 1.807) is 24.3 Å². The van der Waals surface area contributed by atoms with Gasteiger partial charge < -0.3 is 19.5 Å². The molecule has 1 amide bonds. The largest absolute Gasteiger partial charge is 0.481 e. The standard InChI is InChI=1S/C18H22N2O6/c1-12(2)8-14(18(23)24-3)20-16(21)10-26-17(22)11-25-15-7-5-4-6-13(15)9-19/h4-7,12,14H,8,10-11H2,1-3H3,(H,20,21)/t14-/m0/s1. The van der Waals surface area contributed by atoms with Gasteiger partial charge in [0.1, 0.15) is 17.9 Å². The Morgan fingerprint density at radius 3 is 2.50 bits per heavy atom. The van der Waals surface area contributed by atoms with Crippen LogP contribution in [0.5, 0.6) is 5.75 Å². The molecule has 0 radical (unpaired) electrons. The molecule has 0 fully saturated rings. The Morgan fingerprint density at radius 1 is 1.19 bits per heavy atom. The molecular weight excluding hydrogens is 340 g/mol. The van der Waals surface area contributed by atoms with Crippen LogP contribution in [0.25, 0.3) is 0 Å². The van der Waals surface area contributed by atoms with E-state index in [4.69, 9.17) is 14.7 Å². The highest BCUT2D eigenvalue weighted by atomic mass is 16.6. The lowest BCUT2D eigenvalue weighted by atomic mass is 10.0. The fourth-order valence-electron chi connectivity index (χ4n) is 2.07. The number of ether oxygens (including phenoxy) is 3. The van der Waals surface area contributed by atoms with Gasteiger partial charge in [-0.25, -0.2) is 9.59 Å². The second-order valence-electron chi connectivity index (χ2n) is 5.83.